The summed E-state index contributed by atoms with van der Waals surface area (Å²) < 4.78 is 0. The van der Waals surface area contributed by atoms with Gasteiger partial charge in [0.15, 0.2) is 0 Å². The van der Waals surface area contributed by atoms with Crippen LogP contribution in [-0.4, -0.2) is 14.1 Å². The van der Waals surface area contributed by atoms with Crippen molar-refractivity contribution in [3.8, 4) is 18.2 Å². The first kappa shape index (κ1) is 10.6. The van der Waals surface area contributed by atoms with Gasteiger partial charge in [0.1, 0.15) is 18.2 Å². The molecular weight excluding hydrogens is 188 g/mol. The molecule has 0 aliphatic heterocycles. The van der Waals surface area contributed by atoms with Gasteiger partial charge in [0.05, 0.1) is 22.4 Å². The van der Waals surface area contributed by atoms with Gasteiger partial charge in [-0.05, 0) is 12.1 Å². The first-order valence-electron chi connectivity index (χ1n) is 4.20. The van der Waals surface area contributed by atoms with Crippen molar-refractivity contribution in [3.05, 3.63) is 28.8 Å². The molecule has 0 bridgehead atoms. The quantitative estimate of drug-likeness (QED) is 0.679. The summed E-state index contributed by atoms with van der Waals surface area (Å²) in [5.74, 6) is 0. The minimum absolute atomic E-state index is 0.251. The van der Waals surface area contributed by atoms with Crippen LogP contribution in [0.15, 0.2) is 12.1 Å². The van der Waals surface area contributed by atoms with Crippen LogP contribution in [0.2, 0.25) is 0 Å². The van der Waals surface area contributed by atoms with Gasteiger partial charge in [0.25, 0.3) is 0 Å². The number of benzene rings is 1. The van der Waals surface area contributed by atoms with Crippen LogP contribution in [-0.2, 0) is 0 Å². The van der Waals surface area contributed by atoms with Crippen molar-refractivity contribution in [3.63, 3.8) is 0 Å². The summed E-state index contributed by atoms with van der Waals surface area (Å²) in [4.78, 5) is 1.66. The number of hydrogen-bond acceptors (Lipinski definition) is 4. The van der Waals surface area contributed by atoms with Crippen LogP contribution in [0.1, 0.15) is 16.7 Å². The lowest BCUT2D eigenvalue weighted by molar-refractivity contribution is 1.11. The van der Waals surface area contributed by atoms with Gasteiger partial charge in [-0.2, -0.15) is 15.8 Å². The van der Waals surface area contributed by atoms with Gasteiger partial charge in [-0.25, -0.2) is 0 Å². The third-order valence-corrected chi connectivity index (χ3v) is 1.98. The van der Waals surface area contributed by atoms with Gasteiger partial charge in [-0.3, -0.25) is 0 Å². The van der Waals surface area contributed by atoms with E-state index >= 15 is 0 Å². The fourth-order valence-electron chi connectivity index (χ4n) is 1.35. The van der Waals surface area contributed by atoms with Crippen molar-refractivity contribution in [1.82, 2.24) is 0 Å². The molecule has 1 aromatic rings. The van der Waals surface area contributed by atoms with E-state index < -0.39 is 0 Å². The molecule has 72 valence electrons. The van der Waals surface area contributed by atoms with E-state index in [0.717, 1.165) is 0 Å². The Hall–Kier alpha value is -2.51. The van der Waals surface area contributed by atoms with E-state index in [9.17, 15) is 0 Å². The molecule has 0 spiro atoms. The van der Waals surface area contributed by atoms with E-state index in [4.69, 9.17) is 15.8 Å². The first-order chi connectivity index (χ1) is 7.15. The number of nitriles is 3. The van der Waals surface area contributed by atoms with Crippen LogP contribution in [0.3, 0.4) is 0 Å². The van der Waals surface area contributed by atoms with Crippen LogP contribution in [0.4, 0.5) is 5.69 Å². The average Bonchev–Trinajstić information content (AvgIpc) is 2.26. The Bertz CT molecular complexity index is 509. The molecule has 0 saturated heterocycles. The maximum atomic E-state index is 8.96. The molecule has 0 fully saturated rings. The molecule has 1 aromatic carbocycles. The van der Waals surface area contributed by atoms with Crippen molar-refractivity contribution in [2.24, 2.45) is 0 Å². The van der Waals surface area contributed by atoms with Gasteiger partial charge in [-0.15, -0.1) is 0 Å². The molecule has 0 aromatic heterocycles. The summed E-state index contributed by atoms with van der Waals surface area (Å²) >= 11 is 0. The topological polar surface area (TPSA) is 74.6 Å². The Morgan fingerprint density at radius 2 is 1.47 bits per heavy atom. The lowest BCUT2D eigenvalue weighted by atomic mass is 10.0. The summed E-state index contributed by atoms with van der Waals surface area (Å²) in [6.07, 6.45) is 0. The lowest BCUT2D eigenvalue weighted by Crippen LogP contribution is -2.13. The Morgan fingerprint density at radius 3 is 1.87 bits per heavy atom. The molecule has 0 amide bonds. The molecule has 4 heteroatoms. The molecular formula is C11H8N4. The molecule has 0 atom stereocenters. The van der Waals surface area contributed by atoms with E-state index in [1.165, 1.54) is 6.07 Å². The van der Waals surface area contributed by atoms with E-state index in [1.54, 1.807) is 25.1 Å². The normalized spacial score (nSPS) is 8.47. The van der Waals surface area contributed by atoms with Crippen LogP contribution >= 0.6 is 0 Å². The molecule has 0 unspecified atom stereocenters. The lowest BCUT2D eigenvalue weighted by Gasteiger charge is -2.16. The number of anilines is 1. The van der Waals surface area contributed by atoms with Gasteiger partial charge in [0, 0.05) is 14.1 Å². The monoisotopic (exact) mass is 196 g/mol. The number of rotatable bonds is 1. The van der Waals surface area contributed by atoms with Crippen LogP contribution in [0.25, 0.3) is 0 Å². The van der Waals surface area contributed by atoms with Gasteiger partial charge < -0.3 is 4.90 Å². The maximum Gasteiger partial charge on any atom is 0.103 e. The number of nitrogens with zero attached hydrogens (tertiary/aromatic N) is 4. The van der Waals surface area contributed by atoms with Gasteiger partial charge in [0.2, 0.25) is 0 Å². The van der Waals surface area contributed by atoms with Crippen LogP contribution in [0.5, 0.6) is 0 Å². The third-order valence-electron chi connectivity index (χ3n) is 1.98. The average molecular weight is 196 g/mol. The maximum absolute atomic E-state index is 8.96. The van der Waals surface area contributed by atoms with E-state index in [0.29, 0.717) is 16.8 Å². The Kier molecular flexibility index (Phi) is 2.91. The second-order valence-electron chi connectivity index (χ2n) is 3.11. The second-order valence-corrected chi connectivity index (χ2v) is 3.11. The molecule has 1 rings (SSSR count). The highest BCUT2D eigenvalue weighted by Gasteiger charge is 2.14. The summed E-state index contributed by atoms with van der Waals surface area (Å²) in [5, 5.41) is 26.7. The SMILES string of the molecule is CN(C)c1c(C#N)ccc(C#N)c1C#N. The van der Waals surface area contributed by atoms with E-state index in [2.05, 4.69) is 0 Å². The molecule has 0 aliphatic carbocycles. The summed E-state index contributed by atoms with van der Waals surface area (Å²) in [7, 11) is 3.47. The number of hydrogen-bond donors (Lipinski definition) is 0. The van der Waals surface area contributed by atoms with E-state index in [1.807, 2.05) is 18.2 Å². The smallest absolute Gasteiger partial charge is 0.103 e. The van der Waals surface area contributed by atoms with E-state index in [-0.39, 0.29) is 5.56 Å². The van der Waals surface area contributed by atoms with Crippen molar-refractivity contribution >= 4 is 5.69 Å². The zero-order valence-corrected chi connectivity index (χ0v) is 8.44. The van der Waals surface area contributed by atoms with Crippen molar-refractivity contribution in [2.75, 3.05) is 19.0 Å². The largest absolute Gasteiger partial charge is 0.375 e. The van der Waals surface area contributed by atoms with Crippen molar-refractivity contribution in [1.29, 1.82) is 15.8 Å². The fraction of sp³-hybridized carbons (Fsp3) is 0.182. The summed E-state index contributed by atoms with van der Waals surface area (Å²) in [6.45, 7) is 0. The van der Waals surface area contributed by atoms with Gasteiger partial charge in [-0.1, -0.05) is 0 Å². The third kappa shape index (κ3) is 1.73. The van der Waals surface area contributed by atoms with Crippen LogP contribution < -0.4 is 4.90 Å². The Labute approximate surface area is 88.2 Å². The highest BCUT2D eigenvalue weighted by Crippen LogP contribution is 2.25. The predicted molar refractivity (Wildman–Crippen MR) is 54.9 cm³/mol. The minimum atomic E-state index is 0.251. The van der Waals surface area contributed by atoms with Crippen molar-refractivity contribution in [2.45, 2.75) is 0 Å². The Balaban J connectivity index is 3.65. The molecule has 0 radical (unpaired) electrons. The molecule has 0 saturated carbocycles. The highest BCUT2D eigenvalue weighted by atomic mass is 15.1. The standard InChI is InChI=1S/C11H8N4/c1-15(2)11-9(6-13)4-3-8(5-12)10(11)7-14/h3-4H,1-2H3. The van der Waals surface area contributed by atoms with Crippen molar-refractivity contribution < 1.29 is 0 Å². The minimum Gasteiger partial charge on any atom is -0.375 e. The molecule has 0 heterocycles. The highest BCUT2D eigenvalue weighted by molar-refractivity contribution is 5.71. The zero-order chi connectivity index (χ0) is 11.4. The summed E-state index contributed by atoms with van der Waals surface area (Å²) in [6, 6.07) is 8.93. The second kappa shape index (κ2) is 4.13. The summed E-state index contributed by atoms with van der Waals surface area (Å²) in [5.41, 5.74) is 1.44. The van der Waals surface area contributed by atoms with Gasteiger partial charge >= 0.3 is 0 Å². The molecule has 0 aliphatic rings. The molecule has 4 nitrogen and oxygen atoms in total. The first-order valence-corrected chi connectivity index (χ1v) is 4.20. The van der Waals surface area contributed by atoms with Crippen LogP contribution in [0, 0.1) is 34.0 Å². The zero-order valence-electron chi connectivity index (χ0n) is 8.44. The molecule has 15 heavy (non-hydrogen) atoms. The predicted octanol–water partition coefficient (Wildman–Crippen LogP) is 1.37. The Morgan fingerprint density at radius 1 is 0.933 bits per heavy atom. The molecule has 0 N–H and O–H groups in total. The fourth-order valence-corrected chi connectivity index (χ4v) is 1.35.